The molecule has 1 fully saturated rings. The summed E-state index contributed by atoms with van der Waals surface area (Å²) in [4.78, 5) is 11.6. The number of methoxy groups -OCH3 is 1. The number of carbonyl (C=O) groups excluding carboxylic acids is 1. The molecule has 15 heavy (non-hydrogen) atoms. The van der Waals surface area contributed by atoms with Crippen LogP contribution in [0.4, 0.5) is 0 Å². The minimum Gasteiger partial charge on any atom is -0.468 e. The third kappa shape index (κ3) is 3.18. The lowest BCUT2D eigenvalue weighted by Crippen LogP contribution is -2.54. The summed E-state index contributed by atoms with van der Waals surface area (Å²) < 4.78 is 10.2. The molecule has 4 heteroatoms. The van der Waals surface area contributed by atoms with Crippen LogP contribution in [0.1, 0.15) is 32.6 Å². The van der Waals surface area contributed by atoms with Crippen molar-refractivity contribution in [2.75, 3.05) is 20.3 Å². The van der Waals surface area contributed by atoms with Gasteiger partial charge in [-0.25, -0.2) is 4.79 Å². The first kappa shape index (κ1) is 12.5. The second-order valence-electron chi connectivity index (χ2n) is 4.21. The van der Waals surface area contributed by atoms with Gasteiger partial charge >= 0.3 is 5.97 Å². The number of esters is 1. The van der Waals surface area contributed by atoms with Crippen LogP contribution in [0, 0.1) is 5.92 Å². The Labute approximate surface area is 91.1 Å². The SMILES string of the molecule is CCCCOCC(N)(C(=O)OC)C1CC1. The van der Waals surface area contributed by atoms with E-state index in [1.807, 2.05) is 0 Å². The Morgan fingerprint density at radius 3 is 2.67 bits per heavy atom. The van der Waals surface area contributed by atoms with Crippen LogP contribution in [0.5, 0.6) is 0 Å². The Balaban J connectivity index is 2.39. The number of unbranched alkanes of at least 4 members (excludes halogenated alkanes) is 1. The first-order valence-corrected chi connectivity index (χ1v) is 5.60. The summed E-state index contributed by atoms with van der Waals surface area (Å²) in [5.41, 5.74) is 5.13. The maximum absolute atomic E-state index is 11.6. The molecule has 0 aromatic heterocycles. The van der Waals surface area contributed by atoms with Crippen molar-refractivity contribution in [3.63, 3.8) is 0 Å². The van der Waals surface area contributed by atoms with Crippen molar-refractivity contribution in [1.29, 1.82) is 0 Å². The number of hydrogen-bond donors (Lipinski definition) is 1. The zero-order valence-corrected chi connectivity index (χ0v) is 9.62. The molecule has 88 valence electrons. The van der Waals surface area contributed by atoms with Crippen molar-refractivity contribution in [3.8, 4) is 0 Å². The predicted molar refractivity (Wildman–Crippen MR) is 57.4 cm³/mol. The van der Waals surface area contributed by atoms with Crippen molar-refractivity contribution in [2.45, 2.75) is 38.1 Å². The second kappa shape index (κ2) is 5.47. The molecule has 0 aromatic carbocycles. The fourth-order valence-electron chi connectivity index (χ4n) is 1.62. The molecule has 4 nitrogen and oxygen atoms in total. The van der Waals surface area contributed by atoms with Crippen LogP contribution < -0.4 is 5.73 Å². The van der Waals surface area contributed by atoms with Gasteiger partial charge in [0.2, 0.25) is 0 Å². The molecule has 1 aliphatic rings. The van der Waals surface area contributed by atoms with Crippen LogP contribution in [0.3, 0.4) is 0 Å². The summed E-state index contributed by atoms with van der Waals surface area (Å²) in [5, 5.41) is 0. The Kier molecular flexibility index (Phi) is 4.54. The minimum absolute atomic E-state index is 0.242. The molecule has 2 N–H and O–H groups in total. The van der Waals surface area contributed by atoms with E-state index in [9.17, 15) is 4.79 Å². The first-order chi connectivity index (χ1) is 7.15. The first-order valence-electron chi connectivity index (χ1n) is 5.60. The highest BCUT2D eigenvalue weighted by Crippen LogP contribution is 2.39. The van der Waals surface area contributed by atoms with Gasteiger partial charge in [0.05, 0.1) is 13.7 Å². The maximum atomic E-state index is 11.6. The number of hydrogen-bond acceptors (Lipinski definition) is 4. The Hall–Kier alpha value is -0.610. The van der Waals surface area contributed by atoms with E-state index >= 15 is 0 Å². The molecule has 0 saturated heterocycles. The van der Waals surface area contributed by atoms with Crippen LogP contribution in [-0.4, -0.2) is 31.8 Å². The third-order valence-corrected chi connectivity index (χ3v) is 2.85. The molecule has 0 heterocycles. The smallest absolute Gasteiger partial charge is 0.328 e. The van der Waals surface area contributed by atoms with Gasteiger partial charge in [0, 0.05) is 6.61 Å². The fraction of sp³-hybridized carbons (Fsp3) is 0.909. The van der Waals surface area contributed by atoms with E-state index in [0.717, 1.165) is 25.7 Å². The van der Waals surface area contributed by atoms with Gasteiger partial charge in [-0.15, -0.1) is 0 Å². The van der Waals surface area contributed by atoms with Crippen LogP contribution in [-0.2, 0) is 14.3 Å². The summed E-state index contributed by atoms with van der Waals surface area (Å²) in [7, 11) is 1.37. The number of ether oxygens (including phenoxy) is 2. The van der Waals surface area contributed by atoms with Gasteiger partial charge in [-0.2, -0.15) is 0 Å². The Morgan fingerprint density at radius 1 is 1.53 bits per heavy atom. The van der Waals surface area contributed by atoms with E-state index in [1.165, 1.54) is 7.11 Å². The molecule has 1 rings (SSSR count). The molecule has 0 amide bonds. The van der Waals surface area contributed by atoms with E-state index in [1.54, 1.807) is 0 Å². The van der Waals surface area contributed by atoms with Crippen LogP contribution in [0.2, 0.25) is 0 Å². The van der Waals surface area contributed by atoms with E-state index in [-0.39, 0.29) is 18.5 Å². The van der Waals surface area contributed by atoms with Crippen LogP contribution >= 0.6 is 0 Å². The van der Waals surface area contributed by atoms with Gasteiger partial charge in [0.1, 0.15) is 5.54 Å². The molecule has 1 saturated carbocycles. The molecular weight excluding hydrogens is 194 g/mol. The minimum atomic E-state index is -0.914. The van der Waals surface area contributed by atoms with Gasteiger partial charge < -0.3 is 15.2 Å². The number of carbonyl (C=O) groups is 1. The molecule has 1 atom stereocenters. The van der Waals surface area contributed by atoms with Gasteiger partial charge in [0.25, 0.3) is 0 Å². The summed E-state index contributed by atoms with van der Waals surface area (Å²) in [6.07, 6.45) is 4.09. The molecule has 1 aliphatic carbocycles. The zero-order chi connectivity index (χ0) is 11.3. The summed E-state index contributed by atoms with van der Waals surface area (Å²) in [6.45, 7) is 3.05. The van der Waals surface area contributed by atoms with Gasteiger partial charge in [0.15, 0.2) is 0 Å². The second-order valence-corrected chi connectivity index (χ2v) is 4.21. The lowest BCUT2D eigenvalue weighted by Gasteiger charge is -2.26. The quantitative estimate of drug-likeness (QED) is 0.510. The van der Waals surface area contributed by atoms with Crippen LogP contribution in [0.15, 0.2) is 0 Å². The average molecular weight is 215 g/mol. The van der Waals surface area contributed by atoms with E-state index < -0.39 is 5.54 Å². The van der Waals surface area contributed by atoms with Crippen molar-refractivity contribution in [1.82, 2.24) is 0 Å². The highest BCUT2D eigenvalue weighted by atomic mass is 16.5. The average Bonchev–Trinajstić information content (AvgIpc) is 3.06. The Bertz CT molecular complexity index is 216. The largest absolute Gasteiger partial charge is 0.468 e. The van der Waals surface area contributed by atoms with E-state index in [2.05, 4.69) is 6.92 Å². The standard InChI is InChI=1S/C11H21NO3/c1-3-4-7-15-8-11(12,9-5-6-9)10(13)14-2/h9H,3-8,12H2,1-2H3. The molecule has 0 spiro atoms. The van der Waals surface area contributed by atoms with Gasteiger partial charge in [-0.1, -0.05) is 13.3 Å². The predicted octanol–water partition coefficient (Wildman–Crippen LogP) is 1.08. The fourth-order valence-corrected chi connectivity index (χ4v) is 1.62. The van der Waals surface area contributed by atoms with E-state index in [0.29, 0.717) is 6.61 Å². The highest BCUT2D eigenvalue weighted by Gasteiger charge is 2.49. The Morgan fingerprint density at radius 2 is 2.20 bits per heavy atom. The highest BCUT2D eigenvalue weighted by molar-refractivity contribution is 5.81. The lowest BCUT2D eigenvalue weighted by molar-refractivity contribution is -0.150. The lowest BCUT2D eigenvalue weighted by atomic mass is 9.96. The number of nitrogens with two attached hydrogens (primary N) is 1. The maximum Gasteiger partial charge on any atom is 0.328 e. The van der Waals surface area contributed by atoms with E-state index in [4.69, 9.17) is 15.2 Å². The zero-order valence-electron chi connectivity index (χ0n) is 9.62. The summed E-state index contributed by atoms with van der Waals surface area (Å²) >= 11 is 0. The number of rotatable bonds is 7. The molecular formula is C11H21NO3. The summed E-state index contributed by atoms with van der Waals surface area (Å²) in [6, 6.07) is 0. The van der Waals surface area contributed by atoms with Gasteiger partial charge in [-0.05, 0) is 25.2 Å². The molecule has 0 aromatic rings. The normalized spacial score (nSPS) is 19.7. The topological polar surface area (TPSA) is 61.5 Å². The molecule has 1 unspecified atom stereocenters. The van der Waals surface area contributed by atoms with Crippen molar-refractivity contribution >= 4 is 5.97 Å². The van der Waals surface area contributed by atoms with Crippen molar-refractivity contribution in [2.24, 2.45) is 11.7 Å². The molecule has 0 bridgehead atoms. The summed E-state index contributed by atoms with van der Waals surface area (Å²) in [5.74, 6) is -0.104. The van der Waals surface area contributed by atoms with Crippen molar-refractivity contribution < 1.29 is 14.3 Å². The monoisotopic (exact) mass is 215 g/mol. The molecule has 0 aliphatic heterocycles. The van der Waals surface area contributed by atoms with Gasteiger partial charge in [-0.3, -0.25) is 0 Å². The third-order valence-electron chi connectivity index (χ3n) is 2.85. The van der Waals surface area contributed by atoms with Crippen LogP contribution in [0.25, 0.3) is 0 Å². The molecule has 0 radical (unpaired) electrons. The van der Waals surface area contributed by atoms with Crippen molar-refractivity contribution in [3.05, 3.63) is 0 Å².